The second-order valence-corrected chi connectivity index (χ2v) is 3.97. The van der Waals surface area contributed by atoms with Gasteiger partial charge >= 0.3 is 0 Å². The van der Waals surface area contributed by atoms with E-state index in [0.717, 1.165) is 36.3 Å². The first-order chi connectivity index (χ1) is 7.72. The van der Waals surface area contributed by atoms with E-state index in [9.17, 15) is 4.79 Å². The molecule has 86 valence electrons. The third kappa shape index (κ3) is 2.02. The number of aryl methyl sites for hydroxylation is 1. The summed E-state index contributed by atoms with van der Waals surface area (Å²) in [6, 6.07) is 5.62. The highest BCUT2D eigenvalue weighted by molar-refractivity contribution is 5.93. The van der Waals surface area contributed by atoms with Gasteiger partial charge in [-0.3, -0.25) is 4.79 Å². The summed E-state index contributed by atoms with van der Waals surface area (Å²) in [5.41, 5.74) is 1.88. The lowest BCUT2D eigenvalue weighted by molar-refractivity contribution is -0.118. The first-order valence-corrected chi connectivity index (χ1v) is 5.47. The summed E-state index contributed by atoms with van der Waals surface area (Å²) in [6.45, 7) is 0. The molecule has 4 nitrogen and oxygen atoms in total. The molecule has 1 aromatic rings. The van der Waals surface area contributed by atoms with E-state index in [1.165, 1.54) is 5.01 Å². The number of hydrogen-bond acceptors (Lipinski definition) is 3. The molecule has 0 spiro atoms. The lowest BCUT2D eigenvalue weighted by Gasteiger charge is -2.23. The second-order valence-electron chi connectivity index (χ2n) is 3.97. The Morgan fingerprint density at radius 1 is 1.31 bits per heavy atom. The molecule has 1 amide bonds. The standard InChI is InChI=1S/C12H16N2O2/c1-16-10-6-7-11-9(8-10)4-2-3-5-12(15)14(11)13/h6-8H,2-5,13H2,1H3. The number of ether oxygens (including phenoxy) is 1. The van der Waals surface area contributed by atoms with Crippen LogP contribution in [0.4, 0.5) is 5.69 Å². The van der Waals surface area contributed by atoms with Crippen LogP contribution in [0.5, 0.6) is 5.75 Å². The minimum atomic E-state index is -0.0221. The van der Waals surface area contributed by atoms with Crippen LogP contribution in [0.1, 0.15) is 24.8 Å². The van der Waals surface area contributed by atoms with Crippen molar-refractivity contribution in [2.45, 2.75) is 25.7 Å². The Balaban J connectivity index is 2.40. The Morgan fingerprint density at radius 3 is 2.81 bits per heavy atom. The molecular weight excluding hydrogens is 204 g/mol. The normalized spacial score (nSPS) is 16.4. The van der Waals surface area contributed by atoms with Gasteiger partial charge in [-0.1, -0.05) is 0 Å². The van der Waals surface area contributed by atoms with Gasteiger partial charge < -0.3 is 4.74 Å². The number of anilines is 1. The summed E-state index contributed by atoms with van der Waals surface area (Å²) in [5, 5.41) is 1.26. The number of rotatable bonds is 1. The van der Waals surface area contributed by atoms with Crippen LogP contribution in [-0.4, -0.2) is 13.0 Å². The highest BCUT2D eigenvalue weighted by Crippen LogP contribution is 2.28. The summed E-state index contributed by atoms with van der Waals surface area (Å²) in [5.74, 6) is 6.58. The molecule has 2 N–H and O–H groups in total. The summed E-state index contributed by atoms with van der Waals surface area (Å²) in [7, 11) is 1.63. The molecule has 2 rings (SSSR count). The van der Waals surface area contributed by atoms with Gasteiger partial charge in [-0.25, -0.2) is 10.9 Å². The molecule has 0 aromatic heterocycles. The number of amides is 1. The molecule has 0 aliphatic carbocycles. The summed E-state index contributed by atoms with van der Waals surface area (Å²) < 4.78 is 5.17. The summed E-state index contributed by atoms with van der Waals surface area (Å²) in [4.78, 5) is 11.7. The zero-order valence-corrected chi connectivity index (χ0v) is 9.40. The molecular formula is C12H16N2O2. The number of nitrogens with zero attached hydrogens (tertiary/aromatic N) is 1. The third-order valence-corrected chi connectivity index (χ3v) is 2.90. The summed E-state index contributed by atoms with van der Waals surface area (Å²) >= 11 is 0. The largest absolute Gasteiger partial charge is 0.497 e. The van der Waals surface area contributed by atoms with Gasteiger partial charge in [0, 0.05) is 6.42 Å². The number of benzene rings is 1. The van der Waals surface area contributed by atoms with E-state index in [1.54, 1.807) is 7.11 Å². The molecule has 1 aliphatic rings. The Hall–Kier alpha value is -1.55. The maximum Gasteiger partial charge on any atom is 0.241 e. The SMILES string of the molecule is COc1ccc2c(c1)CCCCC(=O)N2N. The zero-order valence-electron chi connectivity index (χ0n) is 9.40. The number of methoxy groups -OCH3 is 1. The quantitative estimate of drug-likeness (QED) is 0.578. The van der Waals surface area contributed by atoms with Gasteiger partial charge in [-0.15, -0.1) is 0 Å². The average molecular weight is 220 g/mol. The summed E-state index contributed by atoms with van der Waals surface area (Å²) in [6.07, 6.45) is 3.37. The Morgan fingerprint density at radius 2 is 2.06 bits per heavy atom. The molecule has 16 heavy (non-hydrogen) atoms. The van der Waals surface area contributed by atoms with Gasteiger partial charge in [-0.2, -0.15) is 0 Å². The smallest absolute Gasteiger partial charge is 0.241 e. The number of hydrazine groups is 1. The number of nitrogens with two attached hydrogens (primary N) is 1. The van der Waals surface area contributed by atoms with Crippen molar-refractivity contribution in [3.63, 3.8) is 0 Å². The molecule has 1 aromatic carbocycles. The van der Waals surface area contributed by atoms with Crippen LogP contribution >= 0.6 is 0 Å². The fourth-order valence-electron chi connectivity index (χ4n) is 1.97. The maximum atomic E-state index is 11.7. The number of fused-ring (bicyclic) bond motifs is 1. The lowest BCUT2D eigenvalue weighted by atomic mass is 10.0. The topological polar surface area (TPSA) is 55.6 Å². The molecule has 0 saturated heterocycles. The molecule has 1 aliphatic heterocycles. The van der Waals surface area contributed by atoms with Gasteiger partial charge in [0.2, 0.25) is 5.91 Å². The predicted octanol–water partition coefficient (Wildman–Crippen LogP) is 1.63. The molecule has 0 saturated carbocycles. The maximum absolute atomic E-state index is 11.7. The lowest BCUT2D eigenvalue weighted by Crippen LogP contribution is -2.38. The fraction of sp³-hybridized carbons (Fsp3) is 0.417. The monoisotopic (exact) mass is 220 g/mol. The van der Waals surface area contributed by atoms with Gasteiger partial charge in [0.15, 0.2) is 0 Å². The van der Waals surface area contributed by atoms with Crippen molar-refractivity contribution >= 4 is 11.6 Å². The Kier molecular flexibility index (Phi) is 3.10. The molecule has 0 radical (unpaired) electrons. The van der Waals surface area contributed by atoms with Crippen molar-refractivity contribution in [1.29, 1.82) is 0 Å². The van der Waals surface area contributed by atoms with Crippen LogP contribution in [0.2, 0.25) is 0 Å². The minimum absolute atomic E-state index is 0.0221. The van der Waals surface area contributed by atoms with E-state index < -0.39 is 0 Å². The van der Waals surface area contributed by atoms with Gasteiger partial charge in [0.05, 0.1) is 12.8 Å². The third-order valence-electron chi connectivity index (χ3n) is 2.90. The molecule has 1 heterocycles. The van der Waals surface area contributed by atoms with E-state index in [2.05, 4.69) is 0 Å². The molecule has 0 fully saturated rings. The molecule has 4 heteroatoms. The van der Waals surface area contributed by atoms with Gasteiger partial charge in [0.25, 0.3) is 0 Å². The van der Waals surface area contributed by atoms with Crippen molar-refractivity contribution < 1.29 is 9.53 Å². The van der Waals surface area contributed by atoms with E-state index in [4.69, 9.17) is 10.6 Å². The van der Waals surface area contributed by atoms with Gasteiger partial charge in [0.1, 0.15) is 5.75 Å². The first-order valence-electron chi connectivity index (χ1n) is 5.47. The van der Waals surface area contributed by atoms with Crippen LogP contribution in [0.3, 0.4) is 0 Å². The van der Waals surface area contributed by atoms with Gasteiger partial charge in [-0.05, 0) is 43.0 Å². The van der Waals surface area contributed by atoms with E-state index in [1.807, 2.05) is 18.2 Å². The van der Waals surface area contributed by atoms with Crippen LogP contribution < -0.4 is 15.6 Å². The Labute approximate surface area is 95.0 Å². The van der Waals surface area contributed by atoms with E-state index >= 15 is 0 Å². The van der Waals surface area contributed by atoms with Crippen molar-refractivity contribution in [3.8, 4) is 5.75 Å². The van der Waals surface area contributed by atoms with E-state index in [-0.39, 0.29) is 5.91 Å². The number of carbonyl (C=O) groups excluding carboxylic acids is 1. The number of hydrogen-bond donors (Lipinski definition) is 1. The second kappa shape index (κ2) is 4.53. The highest BCUT2D eigenvalue weighted by atomic mass is 16.5. The fourth-order valence-corrected chi connectivity index (χ4v) is 1.97. The average Bonchev–Trinajstić information content (AvgIpc) is 2.31. The Bertz CT molecular complexity index is 404. The van der Waals surface area contributed by atoms with Crippen LogP contribution in [-0.2, 0) is 11.2 Å². The zero-order chi connectivity index (χ0) is 11.5. The molecule has 0 atom stereocenters. The van der Waals surface area contributed by atoms with Crippen molar-refractivity contribution in [2.24, 2.45) is 5.84 Å². The molecule has 0 unspecified atom stereocenters. The van der Waals surface area contributed by atoms with E-state index in [0.29, 0.717) is 6.42 Å². The predicted molar refractivity (Wildman–Crippen MR) is 62.2 cm³/mol. The highest BCUT2D eigenvalue weighted by Gasteiger charge is 2.18. The van der Waals surface area contributed by atoms with Crippen LogP contribution in [0.25, 0.3) is 0 Å². The first kappa shape index (κ1) is 11.0. The van der Waals surface area contributed by atoms with Crippen molar-refractivity contribution in [2.75, 3.05) is 12.1 Å². The number of carbonyl (C=O) groups is 1. The van der Waals surface area contributed by atoms with Crippen LogP contribution in [0.15, 0.2) is 18.2 Å². The van der Waals surface area contributed by atoms with Crippen molar-refractivity contribution in [3.05, 3.63) is 23.8 Å². The van der Waals surface area contributed by atoms with Crippen molar-refractivity contribution in [1.82, 2.24) is 0 Å². The van der Waals surface area contributed by atoms with Crippen LogP contribution in [0, 0.1) is 0 Å². The minimum Gasteiger partial charge on any atom is -0.497 e. The molecule has 0 bridgehead atoms.